The molecule has 0 aliphatic heterocycles. The molecule has 0 aliphatic rings. The highest BCUT2D eigenvalue weighted by Crippen LogP contribution is 2.12. The summed E-state index contributed by atoms with van der Waals surface area (Å²) >= 11 is 0. The van der Waals surface area contributed by atoms with Crippen molar-refractivity contribution in [2.45, 2.75) is 25.9 Å². The molecule has 0 fully saturated rings. The van der Waals surface area contributed by atoms with Crippen LogP contribution in [0.2, 0.25) is 0 Å². The van der Waals surface area contributed by atoms with Crippen molar-refractivity contribution in [1.29, 1.82) is 0 Å². The summed E-state index contributed by atoms with van der Waals surface area (Å²) in [5.74, 6) is -1.39. The minimum absolute atomic E-state index is 0.0206. The molecule has 0 unspecified atom stereocenters. The van der Waals surface area contributed by atoms with Crippen molar-refractivity contribution < 1.29 is 14.7 Å². The number of nitrogens with zero attached hydrogens (tertiary/aromatic N) is 4. The van der Waals surface area contributed by atoms with E-state index in [-0.39, 0.29) is 12.5 Å². The Kier molecular flexibility index (Phi) is 3.26. The van der Waals surface area contributed by atoms with Crippen LogP contribution in [0.25, 0.3) is 0 Å². The number of hydrogen-bond acceptors (Lipinski definition) is 4. The smallest absolute Gasteiger partial charge is 0.329 e. The van der Waals surface area contributed by atoms with Crippen LogP contribution in [0.1, 0.15) is 13.8 Å². The summed E-state index contributed by atoms with van der Waals surface area (Å²) in [6.45, 7) is 2.91. The summed E-state index contributed by atoms with van der Waals surface area (Å²) < 4.78 is 1.34. The van der Waals surface area contributed by atoms with Crippen molar-refractivity contribution in [3.05, 3.63) is 12.7 Å². The predicted octanol–water partition coefficient (Wildman–Crippen LogP) is -0.400. The molecule has 1 rings (SSSR count). The number of aliphatic carboxylic acids is 1. The molecule has 1 amide bonds. The number of carbonyl (C=O) groups excluding carboxylic acids is 1. The van der Waals surface area contributed by atoms with Crippen LogP contribution < -0.4 is 0 Å². The van der Waals surface area contributed by atoms with Gasteiger partial charge < -0.3 is 10.0 Å². The molecule has 16 heavy (non-hydrogen) atoms. The first kappa shape index (κ1) is 12.2. The number of carboxylic acid groups (broad SMARTS) is 1. The van der Waals surface area contributed by atoms with Crippen LogP contribution in [0.3, 0.4) is 0 Å². The van der Waals surface area contributed by atoms with Gasteiger partial charge in [-0.3, -0.25) is 4.79 Å². The Labute approximate surface area is 92.7 Å². The monoisotopic (exact) mass is 226 g/mol. The first-order valence-corrected chi connectivity index (χ1v) is 4.68. The Morgan fingerprint density at radius 2 is 2.12 bits per heavy atom. The third kappa shape index (κ3) is 2.36. The highest BCUT2D eigenvalue weighted by molar-refractivity contribution is 5.86. The largest absolute Gasteiger partial charge is 0.480 e. The van der Waals surface area contributed by atoms with Crippen molar-refractivity contribution in [3.8, 4) is 0 Å². The Morgan fingerprint density at radius 3 is 2.56 bits per heavy atom. The maximum absolute atomic E-state index is 11.7. The molecule has 0 saturated carbocycles. The summed E-state index contributed by atoms with van der Waals surface area (Å²) in [4.78, 5) is 27.6. The Bertz CT molecular complexity index is 385. The zero-order chi connectivity index (χ0) is 12.3. The van der Waals surface area contributed by atoms with E-state index in [9.17, 15) is 9.59 Å². The fourth-order valence-electron chi connectivity index (χ4n) is 1.01. The Morgan fingerprint density at radius 1 is 1.50 bits per heavy atom. The molecule has 1 aromatic rings. The maximum Gasteiger partial charge on any atom is 0.329 e. The lowest BCUT2D eigenvalue weighted by Crippen LogP contribution is -2.51. The maximum atomic E-state index is 11.7. The van der Waals surface area contributed by atoms with Crippen LogP contribution in [-0.2, 0) is 16.1 Å². The molecular formula is C9H14N4O3. The lowest BCUT2D eigenvalue weighted by atomic mass is 10.0. The van der Waals surface area contributed by atoms with E-state index in [4.69, 9.17) is 5.11 Å². The topological polar surface area (TPSA) is 88.3 Å². The van der Waals surface area contributed by atoms with E-state index in [2.05, 4.69) is 10.1 Å². The third-order valence-corrected chi connectivity index (χ3v) is 2.50. The summed E-state index contributed by atoms with van der Waals surface area (Å²) in [7, 11) is 1.45. The van der Waals surface area contributed by atoms with Crippen molar-refractivity contribution in [1.82, 2.24) is 19.7 Å². The van der Waals surface area contributed by atoms with E-state index in [0.717, 1.165) is 0 Å². The molecule has 88 valence electrons. The SMILES string of the molecule is CN(C(=O)Cn1cncn1)C(C)(C)C(=O)O. The molecule has 1 aromatic heterocycles. The van der Waals surface area contributed by atoms with Crippen LogP contribution >= 0.6 is 0 Å². The quantitative estimate of drug-likeness (QED) is 0.754. The summed E-state index contributed by atoms with van der Waals surface area (Å²) in [6.07, 6.45) is 2.72. The lowest BCUT2D eigenvalue weighted by Gasteiger charge is -2.31. The third-order valence-electron chi connectivity index (χ3n) is 2.50. The molecule has 7 heteroatoms. The summed E-state index contributed by atoms with van der Waals surface area (Å²) in [5.41, 5.74) is -1.24. The van der Waals surface area contributed by atoms with Crippen molar-refractivity contribution >= 4 is 11.9 Å². The second kappa shape index (κ2) is 4.30. The number of carboxylic acids is 1. The van der Waals surface area contributed by atoms with Gasteiger partial charge >= 0.3 is 5.97 Å². The fraction of sp³-hybridized carbons (Fsp3) is 0.556. The van der Waals surface area contributed by atoms with E-state index in [1.165, 1.54) is 43.1 Å². The predicted molar refractivity (Wildman–Crippen MR) is 54.5 cm³/mol. The van der Waals surface area contributed by atoms with Gasteiger partial charge in [0.25, 0.3) is 0 Å². The second-order valence-electron chi connectivity index (χ2n) is 3.91. The Balaban J connectivity index is 2.71. The molecule has 1 heterocycles. The first-order valence-electron chi connectivity index (χ1n) is 4.68. The van der Waals surface area contributed by atoms with Gasteiger partial charge in [0.15, 0.2) is 0 Å². The molecule has 0 saturated heterocycles. The van der Waals surface area contributed by atoms with Gasteiger partial charge in [0.05, 0.1) is 0 Å². The molecule has 0 atom stereocenters. The number of carbonyl (C=O) groups is 2. The minimum Gasteiger partial charge on any atom is -0.480 e. The van der Waals surface area contributed by atoms with E-state index in [0.29, 0.717) is 0 Å². The van der Waals surface area contributed by atoms with E-state index in [1.807, 2.05) is 0 Å². The number of rotatable bonds is 4. The molecule has 0 bridgehead atoms. The van der Waals surface area contributed by atoms with Crippen LogP contribution in [-0.4, -0.2) is 49.2 Å². The van der Waals surface area contributed by atoms with E-state index >= 15 is 0 Å². The van der Waals surface area contributed by atoms with Crippen LogP contribution in [0.4, 0.5) is 0 Å². The van der Waals surface area contributed by atoms with Crippen LogP contribution in [0.15, 0.2) is 12.7 Å². The normalized spacial score (nSPS) is 11.2. The molecule has 1 N–H and O–H groups in total. The van der Waals surface area contributed by atoms with E-state index < -0.39 is 11.5 Å². The van der Waals surface area contributed by atoms with Crippen LogP contribution in [0.5, 0.6) is 0 Å². The van der Waals surface area contributed by atoms with Gasteiger partial charge in [-0.25, -0.2) is 14.5 Å². The van der Waals surface area contributed by atoms with E-state index in [1.54, 1.807) is 0 Å². The van der Waals surface area contributed by atoms with Crippen molar-refractivity contribution in [2.24, 2.45) is 0 Å². The lowest BCUT2D eigenvalue weighted by molar-refractivity contribution is -0.155. The molecule has 0 spiro atoms. The summed E-state index contributed by atoms with van der Waals surface area (Å²) in [6, 6.07) is 0. The molecule has 0 radical (unpaired) electrons. The number of aromatic nitrogens is 3. The van der Waals surface area contributed by atoms with Crippen molar-refractivity contribution in [3.63, 3.8) is 0 Å². The molecule has 0 aromatic carbocycles. The van der Waals surface area contributed by atoms with Gasteiger partial charge in [0.2, 0.25) is 5.91 Å². The fourth-order valence-corrected chi connectivity index (χ4v) is 1.01. The molecule has 0 aliphatic carbocycles. The first-order chi connectivity index (χ1) is 7.35. The second-order valence-corrected chi connectivity index (χ2v) is 3.91. The van der Waals surface area contributed by atoms with Gasteiger partial charge in [-0.05, 0) is 13.8 Å². The van der Waals surface area contributed by atoms with Crippen LogP contribution in [0, 0.1) is 0 Å². The number of amides is 1. The zero-order valence-corrected chi connectivity index (χ0v) is 9.41. The average molecular weight is 226 g/mol. The number of likely N-dealkylation sites (N-methyl/N-ethyl adjacent to an activating group) is 1. The Hall–Kier alpha value is -1.92. The zero-order valence-electron chi connectivity index (χ0n) is 9.41. The summed E-state index contributed by atoms with van der Waals surface area (Å²) in [5, 5.41) is 12.7. The van der Waals surface area contributed by atoms with Gasteiger partial charge in [-0.15, -0.1) is 0 Å². The molecular weight excluding hydrogens is 212 g/mol. The standard InChI is InChI=1S/C9H14N4O3/c1-9(2,8(15)16)12(3)7(14)4-13-6-10-5-11-13/h5-6H,4H2,1-3H3,(H,15,16). The van der Waals surface area contributed by atoms with Gasteiger partial charge in [-0.1, -0.05) is 0 Å². The van der Waals surface area contributed by atoms with Gasteiger partial charge in [0.1, 0.15) is 24.7 Å². The number of hydrogen-bond donors (Lipinski definition) is 1. The highest BCUT2D eigenvalue weighted by Gasteiger charge is 2.35. The highest BCUT2D eigenvalue weighted by atomic mass is 16.4. The van der Waals surface area contributed by atoms with Crippen molar-refractivity contribution in [2.75, 3.05) is 7.05 Å². The van der Waals surface area contributed by atoms with Gasteiger partial charge in [0, 0.05) is 7.05 Å². The van der Waals surface area contributed by atoms with Gasteiger partial charge in [-0.2, -0.15) is 5.10 Å². The average Bonchev–Trinajstić information content (AvgIpc) is 2.68. The minimum atomic E-state index is -1.24. The molecule has 7 nitrogen and oxygen atoms in total.